The van der Waals surface area contributed by atoms with Crippen LogP contribution in [0.2, 0.25) is 0 Å². The molecule has 0 saturated heterocycles. The molecule has 0 atom stereocenters. The molecule has 0 aliphatic rings. The minimum atomic E-state index is -0.632. The fourth-order valence-corrected chi connectivity index (χ4v) is 2.30. The zero-order valence-corrected chi connectivity index (χ0v) is 14.7. The SMILES string of the molecule is C=CCNC(=O)COC(=O)/C=C/c1c(C)nn(-c2ccc(F)cc2)c1C. The maximum absolute atomic E-state index is 13.1. The van der Waals surface area contributed by atoms with Gasteiger partial charge in [0.05, 0.1) is 11.4 Å². The third kappa shape index (κ3) is 4.89. The number of ether oxygens (including phenoxy) is 1. The van der Waals surface area contributed by atoms with Crippen LogP contribution in [0.5, 0.6) is 0 Å². The minimum Gasteiger partial charge on any atom is -0.452 e. The van der Waals surface area contributed by atoms with Crippen molar-refractivity contribution in [1.82, 2.24) is 15.1 Å². The zero-order valence-electron chi connectivity index (χ0n) is 14.7. The Morgan fingerprint density at radius 2 is 2.00 bits per heavy atom. The van der Waals surface area contributed by atoms with Crippen LogP contribution < -0.4 is 5.32 Å². The maximum atomic E-state index is 13.1. The predicted octanol–water partition coefficient (Wildman–Crippen LogP) is 2.49. The van der Waals surface area contributed by atoms with Crippen LogP contribution in [0.4, 0.5) is 4.39 Å². The Bertz CT molecular complexity index is 838. The van der Waals surface area contributed by atoms with Gasteiger partial charge in [-0.3, -0.25) is 4.79 Å². The molecule has 0 radical (unpaired) electrons. The highest BCUT2D eigenvalue weighted by atomic mass is 19.1. The molecular weight excluding hydrogens is 337 g/mol. The van der Waals surface area contributed by atoms with Crippen molar-refractivity contribution >= 4 is 18.0 Å². The van der Waals surface area contributed by atoms with Crippen LogP contribution in [0.15, 0.2) is 43.0 Å². The number of rotatable bonds is 7. The van der Waals surface area contributed by atoms with E-state index in [-0.39, 0.29) is 12.4 Å². The van der Waals surface area contributed by atoms with Gasteiger partial charge in [0, 0.05) is 23.9 Å². The third-order valence-electron chi connectivity index (χ3n) is 3.59. The normalized spacial score (nSPS) is 10.7. The fraction of sp³-hybridized carbons (Fsp3) is 0.211. The van der Waals surface area contributed by atoms with Crippen LogP contribution >= 0.6 is 0 Å². The van der Waals surface area contributed by atoms with E-state index in [1.54, 1.807) is 29.8 Å². The molecule has 0 aliphatic heterocycles. The Morgan fingerprint density at radius 1 is 1.31 bits per heavy atom. The summed E-state index contributed by atoms with van der Waals surface area (Å²) in [4.78, 5) is 23.1. The van der Waals surface area contributed by atoms with E-state index in [1.807, 2.05) is 6.92 Å². The number of esters is 1. The number of amides is 1. The van der Waals surface area contributed by atoms with Crippen molar-refractivity contribution in [3.63, 3.8) is 0 Å². The monoisotopic (exact) mass is 357 g/mol. The predicted molar refractivity (Wildman–Crippen MR) is 96.2 cm³/mol. The summed E-state index contributed by atoms with van der Waals surface area (Å²) in [6.45, 7) is 7.08. The van der Waals surface area contributed by atoms with E-state index < -0.39 is 11.9 Å². The van der Waals surface area contributed by atoms with E-state index in [0.29, 0.717) is 17.9 Å². The van der Waals surface area contributed by atoms with Crippen molar-refractivity contribution in [2.45, 2.75) is 13.8 Å². The summed E-state index contributed by atoms with van der Waals surface area (Å²) in [5.41, 5.74) is 2.97. The molecule has 0 fully saturated rings. The van der Waals surface area contributed by atoms with Crippen LogP contribution in [-0.2, 0) is 14.3 Å². The summed E-state index contributed by atoms with van der Waals surface area (Å²) in [6, 6.07) is 5.96. The molecule has 6 nitrogen and oxygen atoms in total. The summed E-state index contributed by atoms with van der Waals surface area (Å²) in [5, 5.41) is 6.92. The van der Waals surface area contributed by atoms with Gasteiger partial charge in [-0.25, -0.2) is 13.9 Å². The molecule has 2 rings (SSSR count). The molecule has 1 heterocycles. The second kappa shape index (κ2) is 8.75. The van der Waals surface area contributed by atoms with Crippen molar-refractivity contribution in [3.05, 3.63) is 65.8 Å². The Hall–Kier alpha value is -3.22. The first-order chi connectivity index (χ1) is 12.4. The highest BCUT2D eigenvalue weighted by molar-refractivity contribution is 5.89. The van der Waals surface area contributed by atoms with Gasteiger partial charge in [-0.05, 0) is 44.2 Å². The lowest BCUT2D eigenvalue weighted by Gasteiger charge is -2.04. The number of hydrogen-bond acceptors (Lipinski definition) is 4. The Balaban J connectivity index is 2.06. The topological polar surface area (TPSA) is 73.2 Å². The molecule has 1 aromatic carbocycles. The van der Waals surface area contributed by atoms with E-state index in [1.165, 1.54) is 24.3 Å². The number of carbonyl (C=O) groups is 2. The first kappa shape index (κ1) is 19.1. The highest BCUT2D eigenvalue weighted by Crippen LogP contribution is 2.19. The molecule has 0 bridgehead atoms. The second-order valence-electron chi connectivity index (χ2n) is 5.51. The fourth-order valence-electron chi connectivity index (χ4n) is 2.30. The van der Waals surface area contributed by atoms with Crippen molar-refractivity contribution in [2.24, 2.45) is 0 Å². The molecule has 136 valence electrons. The van der Waals surface area contributed by atoms with E-state index in [2.05, 4.69) is 17.0 Å². The third-order valence-corrected chi connectivity index (χ3v) is 3.59. The number of aromatic nitrogens is 2. The lowest BCUT2D eigenvalue weighted by molar-refractivity contribution is -0.143. The summed E-state index contributed by atoms with van der Waals surface area (Å²) >= 11 is 0. The largest absolute Gasteiger partial charge is 0.452 e. The molecule has 26 heavy (non-hydrogen) atoms. The summed E-state index contributed by atoms with van der Waals surface area (Å²) in [6.07, 6.45) is 4.36. The van der Waals surface area contributed by atoms with Gasteiger partial charge in [0.25, 0.3) is 5.91 Å². The van der Waals surface area contributed by atoms with Gasteiger partial charge >= 0.3 is 5.97 Å². The average Bonchev–Trinajstić information content (AvgIpc) is 2.91. The Labute approximate surface area is 151 Å². The van der Waals surface area contributed by atoms with Crippen LogP contribution in [0.25, 0.3) is 11.8 Å². The molecule has 0 aliphatic carbocycles. The molecule has 2 aromatic rings. The van der Waals surface area contributed by atoms with E-state index in [4.69, 9.17) is 4.74 Å². The van der Waals surface area contributed by atoms with Gasteiger partial charge in [-0.15, -0.1) is 6.58 Å². The minimum absolute atomic E-state index is 0.313. The number of carbonyl (C=O) groups excluding carboxylic acids is 2. The molecule has 0 unspecified atom stereocenters. The summed E-state index contributed by atoms with van der Waals surface area (Å²) in [5.74, 6) is -1.36. The van der Waals surface area contributed by atoms with Crippen molar-refractivity contribution in [1.29, 1.82) is 0 Å². The number of nitrogens with zero attached hydrogens (tertiary/aromatic N) is 2. The van der Waals surface area contributed by atoms with Gasteiger partial charge < -0.3 is 10.1 Å². The maximum Gasteiger partial charge on any atom is 0.331 e. The number of nitrogens with one attached hydrogen (secondary N) is 1. The van der Waals surface area contributed by atoms with Crippen molar-refractivity contribution in [2.75, 3.05) is 13.2 Å². The van der Waals surface area contributed by atoms with Crippen LogP contribution in [0.3, 0.4) is 0 Å². The van der Waals surface area contributed by atoms with E-state index >= 15 is 0 Å². The molecule has 1 aromatic heterocycles. The Kier molecular flexibility index (Phi) is 6.43. The lowest BCUT2D eigenvalue weighted by Crippen LogP contribution is -2.28. The average molecular weight is 357 g/mol. The number of hydrogen-bond donors (Lipinski definition) is 1. The van der Waals surface area contributed by atoms with Gasteiger partial charge in [0.15, 0.2) is 6.61 Å². The van der Waals surface area contributed by atoms with Crippen LogP contribution in [0, 0.1) is 19.7 Å². The number of halogens is 1. The van der Waals surface area contributed by atoms with Gasteiger partial charge in [-0.1, -0.05) is 6.08 Å². The van der Waals surface area contributed by atoms with E-state index in [0.717, 1.165) is 11.3 Å². The van der Waals surface area contributed by atoms with Crippen molar-refractivity contribution < 1.29 is 18.7 Å². The number of benzene rings is 1. The smallest absolute Gasteiger partial charge is 0.331 e. The molecular formula is C19H20FN3O3. The van der Waals surface area contributed by atoms with Gasteiger partial charge in [-0.2, -0.15) is 5.10 Å². The lowest BCUT2D eigenvalue weighted by atomic mass is 10.2. The summed E-state index contributed by atoms with van der Waals surface area (Å²) < 4.78 is 19.6. The standard InChI is InChI=1S/C19H20FN3O3/c1-4-11-21-18(24)12-26-19(25)10-9-17-13(2)22-23(14(17)3)16-7-5-15(20)6-8-16/h4-10H,1,11-12H2,2-3H3,(H,21,24)/b10-9+. The van der Waals surface area contributed by atoms with E-state index in [9.17, 15) is 14.0 Å². The van der Waals surface area contributed by atoms with Gasteiger partial charge in [0.2, 0.25) is 0 Å². The molecule has 1 amide bonds. The highest BCUT2D eigenvalue weighted by Gasteiger charge is 2.11. The Morgan fingerprint density at radius 3 is 2.65 bits per heavy atom. The molecule has 7 heteroatoms. The first-order valence-corrected chi connectivity index (χ1v) is 7.97. The van der Waals surface area contributed by atoms with Crippen LogP contribution in [0.1, 0.15) is 17.0 Å². The van der Waals surface area contributed by atoms with Crippen LogP contribution in [-0.4, -0.2) is 34.8 Å². The number of aryl methyl sites for hydroxylation is 1. The molecule has 1 N–H and O–H groups in total. The van der Waals surface area contributed by atoms with Gasteiger partial charge in [0.1, 0.15) is 5.82 Å². The molecule has 0 spiro atoms. The summed E-state index contributed by atoms with van der Waals surface area (Å²) in [7, 11) is 0. The van der Waals surface area contributed by atoms with Crippen molar-refractivity contribution in [3.8, 4) is 5.69 Å². The quantitative estimate of drug-likeness (QED) is 0.469. The molecule has 0 saturated carbocycles. The first-order valence-electron chi connectivity index (χ1n) is 7.97. The second-order valence-corrected chi connectivity index (χ2v) is 5.51. The zero-order chi connectivity index (χ0) is 19.1.